The standard InChI is InChI=1S/C18H18ClN3S/c1-10-3-6-12(7-4-10)20-16-15-13-8-5-11(2)9-14(13)23-17(15)22-18(19)21-16/h3-4,6-7,11H,5,8-9H2,1-2H3,(H,20,21,22). The molecule has 0 radical (unpaired) electrons. The second-order valence-corrected chi connectivity index (χ2v) is 7.79. The van der Waals surface area contributed by atoms with E-state index in [4.69, 9.17) is 11.6 Å². The first-order valence-corrected chi connectivity index (χ1v) is 9.11. The summed E-state index contributed by atoms with van der Waals surface area (Å²) in [7, 11) is 0. The van der Waals surface area contributed by atoms with Gasteiger partial charge < -0.3 is 5.32 Å². The van der Waals surface area contributed by atoms with E-state index in [1.807, 2.05) is 0 Å². The SMILES string of the molecule is Cc1ccc(Nc2nc(Cl)nc3sc4c(c23)CCC(C)C4)cc1. The molecule has 0 saturated carbocycles. The molecule has 3 nitrogen and oxygen atoms in total. The van der Waals surface area contributed by atoms with Gasteiger partial charge in [-0.3, -0.25) is 0 Å². The minimum atomic E-state index is 0.304. The summed E-state index contributed by atoms with van der Waals surface area (Å²) in [5.74, 6) is 1.57. The van der Waals surface area contributed by atoms with Crippen molar-refractivity contribution >= 4 is 44.7 Å². The Kier molecular flexibility index (Phi) is 3.74. The van der Waals surface area contributed by atoms with Crippen LogP contribution in [0.2, 0.25) is 5.28 Å². The Morgan fingerprint density at radius 3 is 2.78 bits per heavy atom. The van der Waals surface area contributed by atoms with Crippen molar-refractivity contribution in [3.8, 4) is 0 Å². The number of rotatable bonds is 2. The second-order valence-electron chi connectivity index (χ2n) is 6.36. The molecule has 0 aliphatic heterocycles. The van der Waals surface area contributed by atoms with Gasteiger partial charge in [-0.15, -0.1) is 11.3 Å². The van der Waals surface area contributed by atoms with Crippen LogP contribution in [0.5, 0.6) is 0 Å². The van der Waals surface area contributed by atoms with E-state index in [-0.39, 0.29) is 0 Å². The third-order valence-corrected chi connectivity index (χ3v) is 5.76. The van der Waals surface area contributed by atoms with E-state index in [1.165, 1.54) is 22.4 Å². The van der Waals surface area contributed by atoms with Gasteiger partial charge in [0.25, 0.3) is 0 Å². The van der Waals surface area contributed by atoms with Crippen LogP contribution in [0.1, 0.15) is 29.3 Å². The number of aromatic nitrogens is 2. The number of halogens is 1. The molecule has 1 aliphatic rings. The summed E-state index contributed by atoms with van der Waals surface area (Å²) in [5, 5.41) is 4.89. The maximum absolute atomic E-state index is 6.15. The van der Waals surface area contributed by atoms with Crippen molar-refractivity contribution in [3.05, 3.63) is 45.6 Å². The maximum Gasteiger partial charge on any atom is 0.225 e. The molecule has 0 amide bonds. The molecule has 5 heteroatoms. The molecule has 0 spiro atoms. The van der Waals surface area contributed by atoms with Gasteiger partial charge >= 0.3 is 0 Å². The van der Waals surface area contributed by atoms with Gasteiger partial charge in [0.15, 0.2) is 0 Å². The predicted molar refractivity (Wildman–Crippen MR) is 98.1 cm³/mol. The van der Waals surface area contributed by atoms with Crippen LogP contribution in [0.15, 0.2) is 24.3 Å². The predicted octanol–water partition coefficient (Wildman–Crippen LogP) is 5.52. The average Bonchev–Trinajstić information content (AvgIpc) is 2.86. The molecule has 1 unspecified atom stereocenters. The molecule has 4 rings (SSSR count). The number of thiophene rings is 1. The fourth-order valence-corrected chi connectivity index (χ4v) is 4.78. The smallest absolute Gasteiger partial charge is 0.225 e. The van der Waals surface area contributed by atoms with Crippen LogP contribution in [0, 0.1) is 12.8 Å². The number of anilines is 2. The first kappa shape index (κ1) is 14.9. The normalized spacial score (nSPS) is 17.3. The van der Waals surface area contributed by atoms with Gasteiger partial charge in [0, 0.05) is 10.6 Å². The van der Waals surface area contributed by atoms with Crippen LogP contribution in [0.4, 0.5) is 11.5 Å². The van der Waals surface area contributed by atoms with E-state index >= 15 is 0 Å². The Morgan fingerprint density at radius 2 is 2.00 bits per heavy atom. The van der Waals surface area contributed by atoms with Crippen LogP contribution in [0.25, 0.3) is 10.2 Å². The van der Waals surface area contributed by atoms with Gasteiger partial charge in [0.1, 0.15) is 10.6 Å². The number of nitrogens with one attached hydrogen (secondary N) is 1. The monoisotopic (exact) mass is 343 g/mol. The van der Waals surface area contributed by atoms with Crippen molar-refractivity contribution < 1.29 is 0 Å². The molecule has 1 aliphatic carbocycles. The molecular formula is C18H18ClN3S. The molecule has 2 aromatic heterocycles. The lowest BCUT2D eigenvalue weighted by Gasteiger charge is -2.18. The van der Waals surface area contributed by atoms with Crippen molar-refractivity contribution in [2.24, 2.45) is 5.92 Å². The van der Waals surface area contributed by atoms with E-state index in [2.05, 4.69) is 53.4 Å². The van der Waals surface area contributed by atoms with E-state index < -0.39 is 0 Å². The van der Waals surface area contributed by atoms with Crippen molar-refractivity contribution in [1.29, 1.82) is 0 Å². The van der Waals surface area contributed by atoms with Crippen LogP contribution >= 0.6 is 22.9 Å². The van der Waals surface area contributed by atoms with Gasteiger partial charge in [-0.2, -0.15) is 4.98 Å². The fourth-order valence-electron chi connectivity index (χ4n) is 3.18. The molecule has 0 bridgehead atoms. The minimum Gasteiger partial charge on any atom is -0.340 e. The summed E-state index contributed by atoms with van der Waals surface area (Å²) >= 11 is 7.92. The minimum absolute atomic E-state index is 0.304. The lowest BCUT2D eigenvalue weighted by atomic mass is 9.89. The summed E-state index contributed by atoms with van der Waals surface area (Å²) in [4.78, 5) is 11.4. The lowest BCUT2D eigenvalue weighted by molar-refractivity contribution is 0.509. The zero-order valence-electron chi connectivity index (χ0n) is 13.2. The summed E-state index contributed by atoms with van der Waals surface area (Å²) in [6.07, 6.45) is 3.47. The molecule has 1 atom stereocenters. The molecular weight excluding hydrogens is 326 g/mol. The number of aryl methyl sites for hydroxylation is 2. The summed E-state index contributed by atoms with van der Waals surface area (Å²) < 4.78 is 0. The van der Waals surface area contributed by atoms with E-state index in [1.54, 1.807) is 11.3 Å². The third kappa shape index (κ3) is 2.81. The molecule has 1 N–H and O–H groups in total. The molecule has 3 aromatic rings. The highest BCUT2D eigenvalue weighted by atomic mass is 35.5. The first-order chi connectivity index (χ1) is 11.1. The van der Waals surface area contributed by atoms with Crippen molar-refractivity contribution in [2.75, 3.05) is 5.32 Å². The molecule has 0 fully saturated rings. The zero-order valence-corrected chi connectivity index (χ0v) is 14.8. The fraction of sp³-hybridized carbons (Fsp3) is 0.333. The number of hydrogen-bond acceptors (Lipinski definition) is 4. The highest BCUT2D eigenvalue weighted by molar-refractivity contribution is 7.19. The molecule has 0 saturated heterocycles. The van der Waals surface area contributed by atoms with Crippen LogP contribution in [-0.2, 0) is 12.8 Å². The Balaban J connectivity index is 1.83. The number of benzene rings is 1. The van der Waals surface area contributed by atoms with Gasteiger partial charge in [-0.1, -0.05) is 24.6 Å². The van der Waals surface area contributed by atoms with Gasteiger partial charge in [0.2, 0.25) is 5.28 Å². The van der Waals surface area contributed by atoms with Gasteiger partial charge in [-0.25, -0.2) is 4.98 Å². The molecule has 2 heterocycles. The number of fused-ring (bicyclic) bond motifs is 3. The molecule has 23 heavy (non-hydrogen) atoms. The Bertz CT molecular complexity index is 870. The summed E-state index contributed by atoms with van der Waals surface area (Å²) in [6.45, 7) is 4.40. The van der Waals surface area contributed by atoms with Crippen LogP contribution < -0.4 is 5.32 Å². The summed E-state index contributed by atoms with van der Waals surface area (Å²) in [5.41, 5.74) is 3.67. The van der Waals surface area contributed by atoms with Gasteiger partial charge in [-0.05, 0) is 61.4 Å². The lowest BCUT2D eigenvalue weighted by Crippen LogP contribution is -2.09. The largest absolute Gasteiger partial charge is 0.340 e. The highest BCUT2D eigenvalue weighted by Gasteiger charge is 2.23. The Morgan fingerprint density at radius 1 is 1.22 bits per heavy atom. The molecule has 1 aromatic carbocycles. The van der Waals surface area contributed by atoms with Crippen LogP contribution in [0.3, 0.4) is 0 Å². The van der Waals surface area contributed by atoms with E-state index in [0.717, 1.165) is 40.5 Å². The Hall–Kier alpha value is -1.65. The van der Waals surface area contributed by atoms with Crippen molar-refractivity contribution in [3.63, 3.8) is 0 Å². The van der Waals surface area contributed by atoms with Crippen molar-refractivity contribution in [2.45, 2.75) is 33.1 Å². The highest BCUT2D eigenvalue weighted by Crippen LogP contribution is 2.41. The third-order valence-electron chi connectivity index (χ3n) is 4.44. The topological polar surface area (TPSA) is 37.8 Å². The second kappa shape index (κ2) is 5.77. The maximum atomic E-state index is 6.15. The number of nitrogens with zero attached hydrogens (tertiary/aromatic N) is 2. The van der Waals surface area contributed by atoms with E-state index in [9.17, 15) is 0 Å². The molecule has 118 valence electrons. The number of hydrogen-bond donors (Lipinski definition) is 1. The zero-order chi connectivity index (χ0) is 16.0. The quantitative estimate of drug-likeness (QED) is 0.622. The van der Waals surface area contributed by atoms with Crippen LogP contribution in [-0.4, -0.2) is 9.97 Å². The first-order valence-electron chi connectivity index (χ1n) is 7.91. The van der Waals surface area contributed by atoms with Crippen molar-refractivity contribution in [1.82, 2.24) is 9.97 Å². The average molecular weight is 344 g/mol. The van der Waals surface area contributed by atoms with Gasteiger partial charge in [0.05, 0.1) is 5.39 Å². The van der Waals surface area contributed by atoms with E-state index in [0.29, 0.717) is 5.28 Å². The Labute approximate surface area is 144 Å². The summed E-state index contributed by atoms with van der Waals surface area (Å²) in [6, 6.07) is 8.32.